The highest BCUT2D eigenvalue weighted by molar-refractivity contribution is 5.92. The van der Waals surface area contributed by atoms with E-state index in [0.29, 0.717) is 17.5 Å². The molecule has 2 atom stereocenters. The van der Waals surface area contributed by atoms with E-state index in [0.717, 1.165) is 38.2 Å². The average molecular weight is 364 g/mol. The van der Waals surface area contributed by atoms with Crippen LogP contribution in [0.25, 0.3) is 10.9 Å². The number of hydrogen-bond donors (Lipinski definition) is 2. The van der Waals surface area contributed by atoms with E-state index in [-0.39, 0.29) is 11.9 Å². The molecule has 0 unspecified atom stereocenters. The van der Waals surface area contributed by atoms with Gasteiger partial charge in [-0.2, -0.15) is 0 Å². The number of rotatable bonds is 5. The van der Waals surface area contributed by atoms with Gasteiger partial charge in [-0.05, 0) is 30.4 Å². The van der Waals surface area contributed by atoms with Crippen molar-refractivity contribution >= 4 is 16.8 Å². The molecule has 3 heterocycles. The fourth-order valence-corrected chi connectivity index (χ4v) is 4.09. The lowest BCUT2D eigenvalue weighted by Crippen LogP contribution is -2.39. The molecule has 1 aromatic carbocycles. The van der Waals surface area contributed by atoms with Crippen LogP contribution in [-0.4, -0.2) is 40.1 Å². The van der Waals surface area contributed by atoms with Crippen LogP contribution in [0.2, 0.25) is 0 Å². The van der Waals surface area contributed by atoms with Crippen molar-refractivity contribution in [1.29, 1.82) is 0 Å². The number of H-pyrrole nitrogens is 1. The van der Waals surface area contributed by atoms with Gasteiger partial charge in [-0.25, -0.2) is 0 Å². The van der Waals surface area contributed by atoms with Crippen molar-refractivity contribution in [2.24, 2.45) is 5.92 Å². The molecule has 6 nitrogen and oxygen atoms in total. The fraction of sp³-hybridized carbons (Fsp3) is 0.429. The Morgan fingerprint density at radius 2 is 2.19 bits per heavy atom. The number of carbonyl (C=O) groups excluding carboxylic acids is 1. The molecule has 0 radical (unpaired) electrons. The molecule has 1 aliphatic heterocycles. The molecule has 1 saturated heterocycles. The minimum atomic E-state index is -0.128. The molecule has 140 valence electrons. The lowest BCUT2D eigenvalue weighted by Gasteiger charge is -2.16. The second-order valence-electron chi connectivity index (χ2n) is 8.00. The number of aromatic nitrogens is 2. The number of amides is 1. The molecule has 5 rings (SSSR count). The summed E-state index contributed by atoms with van der Waals surface area (Å²) < 4.78 is 5.31. The number of para-hydroxylation sites is 1. The summed E-state index contributed by atoms with van der Waals surface area (Å²) in [4.78, 5) is 18.3. The summed E-state index contributed by atoms with van der Waals surface area (Å²) in [6.07, 6.45) is 4.37. The number of carbonyl (C=O) groups is 1. The summed E-state index contributed by atoms with van der Waals surface area (Å²) in [6, 6.07) is 10.3. The first-order valence-electron chi connectivity index (χ1n) is 9.72. The third-order valence-electron chi connectivity index (χ3n) is 5.81. The second kappa shape index (κ2) is 6.53. The van der Waals surface area contributed by atoms with Gasteiger partial charge in [-0.15, -0.1) is 0 Å². The summed E-state index contributed by atoms with van der Waals surface area (Å²) >= 11 is 0. The van der Waals surface area contributed by atoms with Gasteiger partial charge in [-0.1, -0.05) is 30.3 Å². The lowest BCUT2D eigenvalue weighted by molar-refractivity contribution is 0.0922. The maximum atomic E-state index is 12.5. The van der Waals surface area contributed by atoms with Gasteiger partial charge in [0.25, 0.3) is 5.91 Å². The van der Waals surface area contributed by atoms with Crippen LogP contribution in [0.1, 0.15) is 47.5 Å². The van der Waals surface area contributed by atoms with E-state index in [1.54, 1.807) is 6.07 Å². The van der Waals surface area contributed by atoms with Crippen molar-refractivity contribution in [1.82, 2.24) is 20.4 Å². The lowest BCUT2D eigenvalue weighted by atomic mass is 10.1. The highest BCUT2D eigenvalue weighted by Crippen LogP contribution is 2.40. The van der Waals surface area contributed by atoms with Crippen LogP contribution < -0.4 is 5.32 Å². The van der Waals surface area contributed by atoms with Crippen molar-refractivity contribution in [2.75, 3.05) is 13.1 Å². The quantitative estimate of drug-likeness (QED) is 0.729. The minimum Gasteiger partial charge on any atom is -0.361 e. The maximum Gasteiger partial charge on any atom is 0.273 e. The van der Waals surface area contributed by atoms with Gasteiger partial charge in [0, 0.05) is 54.8 Å². The molecule has 2 aromatic heterocycles. The fourth-order valence-electron chi connectivity index (χ4n) is 4.09. The van der Waals surface area contributed by atoms with Crippen LogP contribution >= 0.6 is 0 Å². The SMILES string of the molecule is C[C@H]1CN(Cc2c[nH]c3ccccc23)C[C@H]1NC(=O)c1cc(C2CC2)on1. The van der Waals surface area contributed by atoms with Crippen LogP contribution in [-0.2, 0) is 6.54 Å². The van der Waals surface area contributed by atoms with E-state index in [2.05, 4.69) is 51.7 Å². The Balaban J connectivity index is 1.23. The standard InChI is InChI=1S/C21H24N4O2/c1-13-10-25(11-15-9-22-17-5-3-2-4-16(15)17)12-19(13)23-21(26)18-8-20(27-24-18)14-6-7-14/h2-5,8-9,13-14,19,22H,6-7,10-12H2,1H3,(H,23,26)/t13-,19+/m0/s1. The Morgan fingerprint density at radius 3 is 3.04 bits per heavy atom. The molecule has 2 aliphatic rings. The highest BCUT2D eigenvalue weighted by atomic mass is 16.5. The van der Waals surface area contributed by atoms with Gasteiger partial charge < -0.3 is 14.8 Å². The predicted octanol–water partition coefficient (Wildman–Crippen LogP) is 3.28. The van der Waals surface area contributed by atoms with Gasteiger partial charge in [0.2, 0.25) is 0 Å². The second-order valence-corrected chi connectivity index (χ2v) is 8.00. The molecule has 2 fully saturated rings. The first-order chi connectivity index (χ1) is 13.2. The molecule has 0 bridgehead atoms. The zero-order chi connectivity index (χ0) is 18.4. The van der Waals surface area contributed by atoms with E-state index in [4.69, 9.17) is 4.52 Å². The van der Waals surface area contributed by atoms with Crippen LogP contribution in [0.5, 0.6) is 0 Å². The van der Waals surface area contributed by atoms with Crippen molar-refractivity contribution in [2.45, 2.75) is 38.3 Å². The van der Waals surface area contributed by atoms with Gasteiger partial charge >= 0.3 is 0 Å². The smallest absolute Gasteiger partial charge is 0.273 e. The number of nitrogens with zero attached hydrogens (tertiary/aromatic N) is 2. The normalized spacial score (nSPS) is 23.1. The molecule has 1 aliphatic carbocycles. The minimum absolute atomic E-state index is 0.128. The van der Waals surface area contributed by atoms with Gasteiger partial charge in [0.15, 0.2) is 5.69 Å². The van der Waals surface area contributed by atoms with Crippen molar-refractivity contribution in [3.8, 4) is 0 Å². The first kappa shape index (κ1) is 16.6. The molecular weight excluding hydrogens is 340 g/mol. The van der Waals surface area contributed by atoms with Gasteiger partial charge in [0.1, 0.15) is 5.76 Å². The Morgan fingerprint density at radius 1 is 1.33 bits per heavy atom. The van der Waals surface area contributed by atoms with Crippen LogP contribution in [0.4, 0.5) is 0 Å². The molecule has 2 N–H and O–H groups in total. The average Bonchev–Trinajstić information content (AvgIpc) is 3.11. The van der Waals surface area contributed by atoms with Gasteiger partial charge in [0.05, 0.1) is 0 Å². The van der Waals surface area contributed by atoms with E-state index < -0.39 is 0 Å². The van der Waals surface area contributed by atoms with Crippen molar-refractivity contribution < 1.29 is 9.32 Å². The number of nitrogens with one attached hydrogen (secondary N) is 2. The highest BCUT2D eigenvalue weighted by Gasteiger charge is 2.33. The molecule has 1 amide bonds. The molecule has 27 heavy (non-hydrogen) atoms. The molecular formula is C21H24N4O2. The number of benzene rings is 1. The monoisotopic (exact) mass is 364 g/mol. The number of aromatic amines is 1. The van der Waals surface area contributed by atoms with E-state index in [1.807, 2.05) is 6.07 Å². The zero-order valence-corrected chi connectivity index (χ0v) is 15.4. The zero-order valence-electron chi connectivity index (χ0n) is 15.4. The summed E-state index contributed by atoms with van der Waals surface area (Å²) in [7, 11) is 0. The van der Waals surface area contributed by atoms with Crippen LogP contribution in [0, 0.1) is 5.92 Å². The van der Waals surface area contributed by atoms with E-state index >= 15 is 0 Å². The molecule has 6 heteroatoms. The van der Waals surface area contributed by atoms with Gasteiger partial charge in [-0.3, -0.25) is 9.69 Å². The van der Waals surface area contributed by atoms with Crippen LogP contribution in [0.15, 0.2) is 41.1 Å². The topological polar surface area (TPSA) is 74.2 Å². The van der Waals surface area contributed by atoms with E-state index in [1.165, 1.54) is 16.5 Å². The maximum absolute atomic E-state index is 12.5. The number of hydrogen-bond acceptors (Lipinski definition) is 4. The largest absolute Gasteiger partial charge is 0.361 e. The predicted molar refractivity (Wildman–Crippen MR) is 102 cm³/mol. The number of likely N-dealkylation sites (tertiary alicyclic amines) is 1. The molecule has 0 spiro atoms. The first-order valence-corrected chi connectivity index (χ1v) is 9.72. The van der Waals surface area contributed by atoms with Crippen LogP contribution in [0.3, 0.4) is 0 Å². The Hall–Kier alpha value is -2.60. The van der Waals surface area contributed by atoms with Crippen molar-refractivity contribution in [3.05, 3.63) is 53.5 Å². The third kappa shape index (κ3) is 3.25. The number of fused-ring (bicyclic) bond motifs is 1. The Bertz CT molecular complexity index is 971. The van der Waals surface area contributed by atoms with E-state index in [9.17, 15) is 4.79 Å². The summed E-state index contributed by atoms with van der Waals surface area (Å²) in [5.41, 5.74) is 2.87. The molecule has 3 aromatic rings. The summed E-state index contributed by atoms with van der Waals surface area (Å²) in [5, 5.41) is 8.38. The molecule has 1 saturated carbocycles. The Kier molecular flexibility index (Phi) is 4.01. The third-order valence-corrected chi connectivity index (χ3v) is 5.81. The van der Waals surface area contributed by atoms with Crippen molar-refractivity contribution in [3.63, 3.8) is 0 Å². The summed E-state index contributed by atoms with van der Waals surface area (Å²) in [5.74, 6) is 1.59. The summed E-state index contributed by atoms with van der Waals surface area (Å²) in [6.45, 7) is 4.89. The Labute approximate surface area is 157 Å².